The van der Waals surface area contributed by atoms with Gasteiger partial charge in [-0.25, -0.2) is 4.98 Å². The third-order valence-electron chi connectivity index (χ3n) is 2.58. The first-order valence-corrected chi connectivity index (χ1v) is 5.39. The summed E-state index contributed by atoms with van der Waals surface area (Å²) < 4.78 is 0. The molecule has 1 rings (SSSR count). The molecular weight excluding hydrogens is 190 g/mol. The highest BCUT2D eigenvalue weighted by molar-refractivity contribution is 5.09. The van der Waals surface area contributed by atoms with E-state index in [0.29, 0.717) is 5.82 Å². The van der Waals surface area contributed by atoms with Gasteiger partial charge in [0.1, 0.15) is 5.82 Å². The maximum absolute atomic E-state index is 11.4. The van der Waals surface area contributed by atoms with Gasteiger partial charge in [-0.3, -0.25) is 4.79 Å². The summed E-state index contributed by atoms with van der Waals surface area (Å²) in [6.45, 7) is 5.91. The second kappa shape index (κ2) is 4.57. The molecule has 0 amide bonds. The van der Waals surface area contributed by atoms with Crippen molar-refractivity contribution in [2.45, 2.75) is 45.6 Å². The molecule has 0 saturated carbocycles. The molecule has 0 unspecified atom stereocenters. The van der Waals surface area contributed by atoms with E-state index in [0.717, 1.165) is 25.0 Å². The Labute approximate surface area is 89.9 Å². The standard InChI is InChI=1S/C11H19N3O/c1-4-6-8-7-9(15)14-10(13-8)11(3,12)5-2/h7H,4-6,12H2,1-3H3,(H,13,14,15)/t11-/m0/s1. The van der Waals surface area contributed by atoms with E-state index in [4.69, 9.17) is 5.73 Å². The number of aromatic amines is 1. The summed E-state index contributed by atoms with van der Waals surface area (Å²) in [6, 6.07) is 1.54. The number of H-pyrrole nitrogens is 1. The quantitative estimate of drug-likeness (QED) is 0.785. The summed E-state index contributed by atoms with van der Waals surface area (Å²) in [7, 11) is 0. The highest BCUT2D eigenvalue weighted by Gasteiger charge is 2.21. The molecule has 0 radical (unpaired) electrons. The number of aryl methyl sites for hydroxylation is 1. The minimum absolute atomic E-state index is 0.117. The fraction of sp³-hybridized carbons (Fsp3) is 0.636. The van der Waals surface area contributed by atoms with Crippen LogP contribution in [0.5, 0.6) is 0 Å². The van der Waals surface area contributed by atoms with Crippen molar-refractivity contribution in [3.8, 4) is 0 Å². The van der Waals surface area contributed by atoms with Crippen LogP contribution < -0.4 is 11.3 Å². The second-order valence-electron chi connectivity index (χ2n) is 4.11. The molecule has 4 nitrogen and oxygen atoms in total. The van der Waals surface area contributed by atoms with Gasteiger partial charge in [-0.2, -0.15) is 0 Å². The van der Waals surface area contributed by atoms with Crippen LogP contribution in [0.2, 0.25) is 0 Å². The second-order valence-corrected chi connectivity index (χ2v) is 4.11. The predicted octanol–water partition coefficient (Wildman–Crippen LogP) is 1.31. The first kappa shape index (κ1) is 11.9. The maximum Gasteiger partial charge on any atom is 0.251 e. The fourth-order valence-electron chi connectivity index (χ4n) is 1.33. The summed E-state index contributed by atoms with van der Waals surface area (Å²) >= 11 is 0. The van der Waals surface area contributed by atoms with E-state index in [-0.39, 0.29) is 5.56 Å². The van der Waals surface area contributed by atoms with Crippen LogP contribution in [0.15, 0.2) is 10.9 Å². The van der Waals surface area contributed by atoms with E-state index in [2.05, 4.69) is 16.9 Å². The molecular formula is C11H19N3O. The molecule has 0 aliphatic carbocycles. The molecule has 1 atom stereocenters. The number of hydrogen-bond acceptors (Lipinski definition) is 3. The number of nitrogens with two attached hydrogens (primary N) is 1. The minimum atomic E-state index is -0.553. The Morgan fingerprint density at radius 1 is 1.53 bits per heavy atom. The summed E-state index contributed by atoms with van der Waals surface area (Å²) in [4.78, 5) is 18.5. The van der Waals surface area contributed by atoms with Crippen LogP contribution in [0.1, 0.15) is 45.1 Å². The maximum atomic E-state index is 11.4. The Kier molecular flexibility index (Phi) is 3.63. The Morgan fingerprint density at radius 3 is 2.73 bits per heavy atom. The van der Waals surface area contributed by atoms with E-state index in [1.807, 2.05) is 13.8 Å². The molecule has 0 spiro atoms. The molecule has 84 valence electrons. The van der Waals surface area contributed by atoms with Crippen molar-refractivity contribution in [1.29, 1.82) is 0 Å². The van der Waals surface area contributed by atoms with Crippen LogP contribution in [0.4, 0.5) is 0 Å². The molecule has 3 N–H and O–H groups in total. The van der Waals surface area contributed by atoms with Crippen molar-refractivity contribution in [3.05, 3.63) is 27.9 Å². The minimum Gasteiger partial charge on any atom is -0.319 e. The van der Waals surface area contributed by atoms with Gasteiger partial charge in [0.15, 0.2) is 0 Å². The van der Waals surface area contributed by atoms with Crippen molar-refractivity contribution in [1.82, 2.24) is 9.97 Å². The largest absolute Gasteiger partial charge is 0.319 e. The summed E-state index contributed by atoms with van der Waals surface area (Å²) in [6.07, 6.45) is 2.53. The van der Waals surface area contributed by atoms with Gasteiger partial charge in [0.05, 0.1) is 5.54 Å². The van der Waals surface area contributed by atoms with Gasteiger partial charge in [-0.1, -0.05) is 20.3 Å². The van der Waals surface area contributed by atoms with Crippen molar-refractivity contribution < 1.29 is 0 Å². The lowest BCUT2D eigenvalue weighted by molar-refractivity contribution is 0.441. The van der Waals surface area contributed by atoms with E-state index >= 15 is 0 Å². The molecule has 0 aromatic carbocycles. The Hall–Kier alpha value is -1.16. The van der Waals surface area contributed by atoms with E-state index in [1.54, 1.807) is 6.07 Å². The number of nitrogens with one attached hydrogen (secondary N) is 1. The smallest absolute Gasteiger partial charge is 0.251 e. The highest BCUT2D eigenvalue weighted by Crippen LogP contribution is 2.16. The summed E-state index contributed by atoms with van der Waals surface area (Å²) in [5.41, 5.74) is 6.19. The lowest BCUT2D eigenvalue weighted by atomic mass is 9.99. The molecule has 0 aliphatic rings. The third kappa shape index (κ3) is 2.89. The SMILES string of the molecule is CCCc1cc(=O)[nH]c([C@@](C)(N)CC)n1. The van der Waals surface area contributed by atoms with Gasteiger partial charge in [-0.05, 0) is 19.8 Å². The van der Waals surface area contributed by atoms with Crippen LogP contribution >= 0.6 is 0 Å². The number of rotatable bonds is 4. The van der Waals surface area contributed by atoms with Gasteiger partial charge >= 0.3 is 0 Å². The van der Waals surface area contributed by atoms with Gasteiger partial charge in [-0.15, -0.1) is 0 Å². The average Bonchev–Trinajstić information content (AvgIpc) is 2.17. The van der Waals surface area contributed by atoms with E-state index in [1.165, 1.54) is 0 Å². The Morgan fingerprint density at radius 2 is 2.20 bits per heavy atom. The van der Waals surface area contributed by atoms with Crippen molar-refractivity contribution >= 4 is 0 Å². The molecule has 0 aliphatic heterocycles. The first-order chi connectivity index (χ1) is 6.99. The topological polar surface area (TPSA) is 71.8 Å². The molecule has 1 aromatic heterocycles. The van der Waals surface area contributed by atoms with E-state index < -0.39 is 5.54 Å². The predicted molar refractivity (Wildman–Crippen MR) is 60.7 cm³/mol. The van der Waals surface area contributed by atoms with Gasteiger partial charge in [0.25, 0.3) is 5.56 Å². The molecule has 1 heterocycles. The normalized spacial score (nSPS) is 14.9. The van der Waals surface area contributed by atoms with E-state index in [9.17, 15) is 4.79 Å². The van der Waals surface area contributed by atoms with Gasteiger partial charge < -0.3 is 10.7 Å². The monoisotopic (exact) mass is 209 g/mol. The van der Waals surface area contributed by atoms with Gasteiger partial charge in [0.2, 0.25) is 0 Å². The Balaban J connectivity index is 3.14. The number of hydrogen-bond donors (Lipinski definition) is 2. The first-order valence-electron chi connectivity index (χ1n) is 5.39. The zero-order chi connectivity index (χ0) is 11.5. The van der Waals surface area contributed by atoms with Crippen LogP contribution in [0.3, 0.4) is 0 Å². The summed E-state index contributed by atoms with van der Waals surface area (Å²) in [5, 5.41) is 0. The van der Waals surface area contributed by atoms with Crippen LogP contribution in [0, 0.1) is 0 Å². The fourth-order valence-corrected chi connectivity index (χ4v) is 1.33. The molecule has 0 bridgehead atoms. The molecule has 0 saturated heterocycles. The van der Waals surface area contributed by atoms with Crippen LogP contribution in [-0.4, -0.2) is 9.97 Å². The third-order valence-corrected chi connectivity index (χ3v) is 2.58. The lowest BCUT2D eigenvalue weighted by Gasteiger charge is -2.21. The number of aromatic nitrogens is 2. The van der Waals surface area contributed by atoms with Crippen molar-refractivity contribution in [2.75, 3.05) is 0 Å². The van der Waals surface area contributed by atoms with Crippen molar-refractivity contribution in [2.24, 2.45) is 5.73 Å². The zero-order valence-corrected chi connectivity index (χ0v) is 9.63. The molecule has 4 heteroatoms. The highest BCUT2D eigenvalue weighted by atomic mass is 16.1. The van der Waals surface area contributed by atoms with Crippen LogP contribution in [0.25, 0.3) is 0 Å². The lowest BCUT2D eigenvalue weighted by Crippen LogP contribution is -2.36. The van der Waals surface area contributed by atoms with Gasteiger partial charge in [0, 0.05) is 11.8 Å². The van der Waals surface area contributed by atoms with Crippen LogP contribution in [-0.2, 0) is 12.0 Å². The van der Waals surface area contributed by atoms with Crippen molar-refractivity contribution in [3.63, 3.8) is 0 Å². The molecule has 15 heavy (non-hydrogen) atoms. The zero-order valence-electron chi connectivity index (χ0n) is 9.63. The number of nitrogens with zero attached hydrogens (tertiary/aromatic N) is 1. The molecule has 1 aromatic rings. The Bertz CT molecular complexity index is 382. The molecule has 0 fully saturated rings. The summed E-state index contributed by atoms with van der Waals surface area (Å²) in [5.74, 6) is 0.584. The average molecular weight is 209 g/mol.